The lowest BCUT2D eigenvalue weighted by Crippen LogP contribution is -2.41. The van der Waals surface area contributed by atoms with Crippen LogP contribution in [0.25, 0.3) is 22.6 Å². The van der Waals surface area contributed by atoms with Crippen molar-refractivity contribution < 1.29 is 27.1 Å². The summed E-state index contributed by atoms with van der Waals surface area (Å²) >= 11 is 0. The summed E-state index contributed by atoms with van der Waals surface area (Å²) in [6.45, 7) is 2.64. The molecule has 0 radical (unpaired) electrons. The van der Waals surface area contributed by atoms with E-state index < -0.39 is 11.7 Å². The van der Waals surface area contributed by atoms with Gasteiger partial charge in [0.25, 0.3) is 0 Å². The van der Waals surface area contributed by atoms with Crippen molar-refractivity contribution in [3.05, 3.63) is 58.5 Å². The molecule has 210 valence electrons. The van der Waals surface area contributed by atoms with Gasteiger partial charge in [-0.05, 0) is 43.2 Å². The SMILES string of the molecule is O=C(Cc1nnc(-c2cc(N3CCOCC3)cc(C(F)(F)F)c2)o1)N1CCC(n2c(=O)[nH]c3ncccc32)CC1. The van der Waals surface area contributed by atoms with Crippen molar-refractivity contribution in [3.63, 3.8) is 0 Å². The minimum atomic E-state index is -4.56. The van der Waals surface area contributed by atoms with Crippen LogP contribution in [0.15, 0.2) is 45.7 Å². The number of imidazole rings is 1. The molecule has 2 aliphatic rings. The standard InChI is InChI=1S/C26H26F3N7O4/c27-26(28,29)17-12-16(13-19(14-17)34-8-10-39-11-9-34)24-33-32-21(40-24)15-22(37)35-6-3-18(4-7-35)36-20-2-1-5-30-23(20)31-25(36)38/h1-2,5,12-14,18H,3-4,6-11,15H2,(H,30,31,38). The third kappa shape index (κ3) is 5.18. The Morgan fingerprint density at radius 2 is 1.85 bits per heavy atom. The van der Waals surface area contributed by atoms with Gasteiger partial charge >= 0.3 is 11.9 Å². The third-order valence-corrected chi connectivity index (χ3v) is 7.31. The maximum atomic E-state index is 13.6. The highest BCUT2D eigenvalue weighted by Crippen LogP contribution is 2.36. The fraction of sp³-hybridized carbons (Fsp3) is 0.423. The number of alkyl halides is 3. The Morgan fingerprint density at radius 1 is 1.07 bits per heavy atom. The molecular formula is C26H26F3N7O4. The van der Waals surface area contributed by atoms with Crippen LogP contribution in [0.3, 0.4) is 0 Å². The predicted molar refractivity (Wildman–Crippen MR) is 137 cm³/mol. The molecule has 14 heteroatoms. The number of nitrogens with one attached hydrogen (secondary N) is 1. The molecular weight excluding hydrogens is 531 g/mol. The highest BCUT2D eigenvalue weighted by Gasteiger charge is 2.33. The van der Waals surface area contributed by atoms with Crippen LogP contribution in [0, 0.1) is 0 Å². The number of hydrogen-bond acceptors (Lipinski definition) is 8. The number of halogens is 3. The lowest BCUT2D eigenvalue weighted by atomic mass is 10.0. The topological polar surface area (TPSA) is 122 Å². The van der Waals surface area contributed by atoms with Gasteiger partial charge in [0.15, 0.2) is 5.65 Å². The molecule has 1 N–H and O–H groups in total. The quantitative estimate of drug-likeness (QED) is 0.398. The van der Waals surface area contributed by atoms with Gasteiger partial charge in [0, 0.05) is 49.7 Å². The van der Waals surface area contributed by atoms with Gasteiger partial charge in [0.05, 0.1) is 24.3 Å². The number of morpholine rings is 1. The van der Waals surface area contributed by atoms with E-state index in [1.54, 1.807) is 27.8 Å². The van der Waals surface area contributed by atoms with E-state index in [4.69, 9.17) is 9.15 Å². The Kier molecular flexibility index (Phi) is 6.78. The van der Waals surface area contributed by atoms with Gasteiger partial charge in [-0.25, -0.2) is 9.78 Å². The molecule has 2 aliphatic heterocycles. The van der Waals surface area contributed by atoms with E-state index in [0.717, 1.165) is 17.6 Å². The van der Waals surface area contributed by atoms with Gasteiger partial charge in [0.1, 0.15) is 6.42 Å². The number of anilines is 1. The van der Waals surface area contributed by atoms with E-state index in [9.17, 15) is 22.8 Å². The molecule has 11 nitrogen and oxygen atoms in total. The second-order valence-electron chi connectivity index (χ2n) is 9.83. The van der Waals surface area contributed by atoms with Gasteiger partial charge in [-0.2, -0.15) is 13.2 Å². The summed E-state index contributed by atoms with van der Waals surface area (Å²) in [5, 5.41) is 7.86. The molecule has 5 heterocycles. The van der Waals surface area contributed by atoms with E-state index in [1.165, 1.54) is 0 Å². The predicted octanol–water partition coefficient (Wildman–Crippen LogP) is 3.04. The number of aromatic amines is 1. The third-order valence-electron chi connectivity index (χ3n) is 7.31. The fourth-order valence-electron chi connectivity index (χ4n) is 5.28. The zero-order chi connectivity index (χ0) is 27.9. The van der Waals surface area contributed by atoms with E-state index in [1.807, 2.05) is 11.0 Å². The molecule has 0 aliphatic carbocycles. The largest absolute Gasteiger partial charge is 0.420 e. The van der Waals surface area contributed by atoms with Crippen LogP contribution in [0.1, 0.15) is 30.3 Å². The molecule has 0 saturated carbocycles. The Bertz CT molecular complexity index is 1580. The molecule has 6 rings (SSSR count). The maximum Gasteiger partial charge on any atom is 0.416 e. The number of carbonyl (C=O) groups excluding carboxylic acids is 1. The van der Waals surface area contributed by atoms with Crippen LogP contribution >= 0.6 is 0 Å². The van der Waals surface area contributed by atoms with Crippen LogP contribution in [0.2, 0.25) is 0 Å². The molecule has 2 fully saturated rings. The maximum absolute atomic E-state index is 13.6. The summed E-state index contributed by atoms with van der Waals surface area (Å²) in [5.41, 5.74) is 0.704. The zero-order valence-corrected chi connectivity index (χ0v) is 21.4. The zero-order valence-electron chi connectivity index (χ0n) is 21.4. The molecule has 0 spiro atoms. The van der Waals surface area contributed by atoms with Crippen LogP contribution in [0.5, 0.6) is 0 Å². The van der Waals surface area contributed by atoms with Crippen LogP contribution < -0.4 is 10.6 Å². The smallest absolute Gasteiger partial charge is 0.416 e. The molecule has 1 aromatic carbocycles. The summed E-state index contributed by atoms with van der Waals surface area (Å²) < 4.78 is 53.6. The van der Waals surface area contributed by atoms with Gasteiger partial charge in [-0.3, -0.25) is 14.3 Å². The summed E-state index contributed by atoms with van der Waals surface area (Å²) in [5.74, 6) is -0.305. The van der Waals surface area contributed by atoms with Gasteiger partial charge in [0.2, 0.25) is 17.7 Å². The summed E-state index contributed by atoms with van der Waals surface area (Å²) in [6.07, 6.45) is -1.96. The summed E-state index contributed by atoms with van der Waals surface area (Å²) in [4.78, 5) is 35.9. The number of pyridine rings is 1. The molecule has 0 unspecified atom stereocenters. The Morgan fingerprint density at radius 3 is 2.60 bits per heavy atom. The molecule has 3 aromatic heterocycles. The Balaban J connectivity index is 1.14. The van der Waals surface area contributed by atoms with Crippen LogP contribution in [-0.4, -0.2) is 74.9 Å². The number of benzene rings is 1. The Hall–Kier alpha value is -4.20. The summed E-state index contributed by atoms with van der Waals surface area (Å²) in [7, 11) is 0. The first-order valence-corrected chi connectivity index (χ1v) is 13.0. The number of ether oxygens (including phenoxy) is 1. The molecule has 0 bridgehead atoms. The number of carbonyl (C=O) groups is 1. The van der Waals surface area contributed by atoms with Crippen LogP contribution in [0.4, 0.5) is 18.9 Å². The van der Waals surface area contributed by atoms with Crippen molar-refractivity contribution in [2.75, 3.05) is 44.3 Å². The van der Waals surface area contributed by atoms with Crippen molar-refractivity contribution in [3.8, 4) is 11.5 Å². The van der Waals surface area contributed by atoms with Crippen LogP contribution in [-0.2, 0) is 22.1 Å². The number of amides is 1. The number of H-pyrrole nitrogens is 1. The Labute approximate surface area is 225 Å². The van der Waals surface area contributed by atoms with Crippen molar-refractivity contribution >= 4 is 22.8 Å². The van der Waals surface area contributed by atoms with Gasteiger partial charge < -0.3 is 19.0 Å². The van der Waals surface area contributed by atoms with Crippen molar-refractivity contribution in [1.29, 1.82) is 0 Å². The van der Waals surface area contributed by atoms with Crippen molar-refractivity contribution in [2.24, 2.45) is 0 Å². The molecule has 40 heavy (non-hydrogen) atoms. The number of hydrogen-bond donors (Lipinski definition) is 1. The number of rotatable bonds is 5. The first-order chi connectivity index (χ1) is 19.3. The average Bonchev–Trinajstić information content (AvgIpc) is 3.56. The normalized spacial score (nSPS) is 17.1. The van der Waals surface area contributed by atoms with Crippen molar-refractivity contribution in [2.45, 2.75) is 31.5 Å². The highest BCUT2D eigenvalue weighted by atomic mass is 19.4. The molecule has 2 saturated heterocycles. The number of piperidine rings is 1. The minimum Gasteiger partial charge on any atom is -0.420 e. The fourth-order valence-corrected chi connectivity index (χ4v) is 5.28. The lowest BCUT2D eigenvalue weighted by molar-refractivity contribution is -0.137. The first-order valence-electron chi connectivity index (χ1n) is 13.0. The number of likely N-dealkylation sites (tertiary alicyclic amines) is 1. The highest BCUT2D eigenvalue weighted by molar-refractivity contribution is 5.78. The number of nitrogens with zero attached hydrogens (tertiary/aromatic N) is 6. The average molecular weight is 558 g/mol. The minimum absolute atomic E-state index is 0.0198. The second-order valence-corrected chi connectivity index (χ2v) is 9.83. The van der Waals surface area contributed by atoms with Crippen molar-refractivity contribution in [1.82, 2.24) is 29.6 Å². The first kappa shape index (κ1) is 26.0. The second kappa shape index (κ2) is 10.4. The van der Waals surface area contributed by atoms with E-state index in [2.05, 4.69) is 20.2 Å². The lowest BCUT2D eigenvalue weighted by Gasteiger charge is -2.32. The number of aromatic nitrogens is 5. The molecule has 0 atom stereocenters. The monoisotopic (exact) mass is 557 g/mol. The number of fused-ring (bicyclic) bond motifs is 1. The van der Waals surface area contributed by atoms with E-state index in [-0.39, 0.29) is 41.4 Å². The molecule has 1 amide bonds. The van der Waals surface area contributed by atoms with Gasteiger partial charge in [-0.15, -0.1) is 10.2 Å². The molecule has 4 aromatic rings. The van der Waals surface area contributed by atoms with Gasteiger partial charge in [-0.1, -0.05) is 0 Å². The summed E-state index contributed by atoms with van der Waals surface area (Å²) in [6, 6.07) is 7.17. The van der Waals surface area contributed by atoms with E-state index >= 15 is 0 Å². The van der Waals surface area contributed by atoms with E-state index in [0.29, 0.717) is 63.6 Å².